The van der Waals surface area contributed by atoms with Crippen molar-refractivity contribution >= 4 is 0 Å². The molecule has 0 bridgehead atoms. The topological polar surface area (TPSA) is 0 Å². The van der Waals surface area contributed by atoms with Crippen molar-refractivity contribution in [2.75, 3.05) is 0 Å². The molecule has 4 fully saturated rings. The van der Waals surface area contributed by atoms with Crippen LogP contribution < -0.4 is 0 Å². The third-order valence-electron chi connectivity index (χ3n) is 11.2. The minimum atomic E-state index is -0.123. The van der Waals surface area contributed by atoms with Crippen LogP contribution >= 0.6 is 0 Å². The summed E-state index contributed by atoms with van der Waals surface area (Å²) < 4.78 is 0. The van der Waals surface area contributed by atoms with Gasteiger partial charge in [0.15, 0.2) is 0 Å². The van der Waals surface area contributed by atoms with Crippen LogP contribution in [0, 0.1) is 157 Å². The summed E-state index contributed by atoms with van der Waals surface area (Å²) in [6, 6.07) is 0. The van der Waals surface area contributed by atoms with Crippen LogP contribution in [-0.2, 0) is 69.2 Å². The summed E-state index contributed by atoms with van der Waals surface area (Å²) >= 11 is -0.247. The van der Waals surface area contributed by atoms with Gasteiger partial charge in [0.1, 0.15) is 0 Å². The molecule has 0 N–H and O–H groups in total. The molecule has 0 unspecified atom stereocenters. The molecule has 0 amide bonds. The Balaban J connectivity index is -0.000000251. The molecule has 0 aromatic carbocycles. The summed E-state index contributed by atoms with van der Waals surface area (Å²) in [5.41, 5.74) is 0. The fraction of sp³-hybridized carbons (Fsp3) is 0.500. The number of rotatable bonds is 0. The molecule has 4 aliphatic rings. The fourth-order valence-electron chi connectivity index (χ4n) is 5.62. The first-order valence-corrected chi connectivity index (χ1v) is 25.2. The molecule has 8 heteroatoms. The monoisotopic (exact) mass is 1090 g/mol. The van der Waals surface area contributed by atoms with Gasteiger partial charge in [-0.15, -0.1) is 0 Å². The maximum absolute atomic E-state index is 4.30. The number of hydrogen-bond donors (Lipinski definition) is 0. The van der Waals surface area contributed by atoms with Crippen molar-refractivity contribution in [3.8, 4) is 0 Å². The Hall–Kier alpha value is 3.65. The molecular formula is C40H64Cl4Ru4+2. The van der Waals surface area contributed by atoms with Gasteiger partial charge in [-0.3, -0.25) is 0 Å². The van der Waals surface area contributed by atoms with Gasteiger partial charge in [-0.2, -0.15) is 0 Å². The summed E-state index contributed by atoms with van der Waals surface area (Å²) in [5.74, 6) is 29.4. The Morgan fingerprint density at radius 1 is 0.188 bits per heavy atom. The smallest absolute Gasteiger partial charge is 0 e. The Morgan fingerprint density at radius 3 is 0.229 bits per heavy atom. The molecular weight excluding hydrogens is 1030 g/mol. The van der Waals surface area contributed by atoms with Crippen molar-refractivity contribution in [1.29, 1.82) is 0 Å². The normalized spacial score (nSPS) is 24.7. The summed E-state index contributed by atoms with van der Waals surface area (Å²) in [4.78, 5) is 0. The van der Waals surface area contributed by atoms with Crippen LogP contribution in [0.1, 0.15) is 138 Å². The van der Waals surface area contributed by atoms with E-state index in [1.54, 1.807) is 0 Å². The van der Waals surface area contributed by atoms with Gasteiger partial charge in [0.05, 0.1) is 0 Å². The first-order chi connectivity index (χ1) is 21.0. The second-order valence-electron chi connectivity index (χ2n) is 12.6. The molecule has 4 aliphatic carbocycles. The van der Waals surface area contributed by atoms with Crippen LogP contribution in [0.25, 0.3) is 0 Å². The molecule has 4 saturated carbocycles. The fourth-order valence-corrected chi connectivity index (χ4v) is 5.62. The van der Waals surface area contributed by atoms with Gasteiger partial charge in [0.25, 0.3) is 0 Å². The Morgan fingerprint density at radius 2 is 0.208 bits per heavy atom. The largest absolute Gasteiger partial charge is 0 e. The van der Waals surface area contributed by atoms with Crippen LogP contribution in [0.15, 0.2) is 0 Å². The van der Waals surface area contributed by atoms with Crippen molar-refractivity contribution in [3.63, 3.8) is 0 Å². The van der Waals surface area contributed by atoms with Gasteiger partial charge >= 0.3 is 69.1 Å². The Kier molecular flexibility index (Phi) is 35.2. The van der Waals surface area contributed by atoms with E-state index in [0.29, 0.717) is 0 Å². The standard InChI is InChI=1S/4C10H15.4ClH.4Ru/c4*1-6-7(2)9(4)10(5)8(6)3;;;;;;;;/h4*1-5H3;4*1H;;;;/q;;;;;;;;;;2*+1. The zero-order chi connectivity index (χ0) is 37.0. The Bertz CT molecular complexity index is 476. The van der Waals surface area contributed by atoms with Crippen molar-refractivity contribution in [2.24, 2.45) is 0 Å². The van der Waals surface area contributed by atoms with Crippen LogP contribution in [-0.4, -0.2) is 0 Å². The van der Waals surface area contributed by atoms with Crippen molar-refractivity contribution in [3.05, 3.63) is 118 Å². The summed E-state index contributed by atoms with van der Waals surface area (Å²) in [6.07, 6.45) is 0. The summed E-state index contributed by atoms with van der Waals surface area (Å²) in [7, 11) is 17.2. The molecule has 0 heterocycles. The summed E-state index contributed by atoms with van der Waals surface area (Å²) in [6.45, 7) is 44.0. The first-order valence-electron chi connectivity index (χ1n) is 15.6. The van der Waals surface area contributed by atoms with E-state index in [2.05, 4.69) is 177 Å². The third-order valence-corrected chi connectivity index (χ3v) is 11.2. The van der Waals surface area contributed by atoms with Crippen molar-refractivity contribution in [2.45, 2.75) is 138 Å². The van der Waals surface area contributed by atoms with E-state index in [4.69, 9.17) is 0 Å². The molecule has 0 aromatic rings. The van der Waals surface area contributed by atoms with E-state index in [1.165, 1.54) is 118 Å². The molecule has 0 atom stereocenters. The first kappa shape index (κ1) is 58.4. The van der Waals surface area contributed by atoms with Gasteiger partial charge in [-0.05, 0) is 118 Å². The maximum atomic E-state index is 4.30. The second-order valence-corrected chi connectivity index (χ2v) is 18.8. The molecule has 282 valence electrons. The molecule has 0 nitrogen and oxygen atoms in total. The predicted octanol–water partition coefficient (Wildman–Crippen LogP) is 10.8. The Labute approximate surface area is 361 Å². The number of hydrogen-bond acceptors (Lipinski definition) is 0. The third kappa shape index (κ3) is 16.8. The molecule has 0 aliphatic heterocycles. The molecule has 4 rings (SSSR count). The predicted molar refractivity (Wildman–Crippen MR) is 184 cm³/mol. The zero-order valence-corrected chi connectivity index (χ0v) is 43.3. The molecule has 0 saturated heterocycles. The summed E-state index contributed by atoms with van der Waals surface area (Å²) in [5, 5.41) is 0. The molecule has 0 aromatic heterocycles. The maximum Gasteiger partial charge on any atom is 0 e. The molecule has 0 spiro atoms. The van der Waals surface area contributed by atoms with E-state index in [9.17, 15) is 0 Å². The van der Waals surface area contributed by atoms with Gasteiger partial charge in [-0.1, -0.05) is 138 Å². The van der Waals surface area contributed by atoms with Gasteiger partial charge in [-0.25, -0.2) is 0 Å². The van der Waals surface area contributed by atoms with Crippen LogP contribution in [0.3, 0.4) is 0 Å². The minimum absolute atomic E-state index is 0. The second kappa shape index (κ2) is 29.0. The van der Waals surface area contributed by atoms with E-state index >= 15 is 0 Å². The van der Waals surface area contributed by atoms with Crippen LogP contribution in [0.5, 0.6) is 0 Å². The molecule has 20 radical (unpaired) electrons. The molecule has 48 heavy (non-hydrogen) atoms. The minimum Gasteiger partial charge on any atom is 0 e. The SMILES string of the molecule is C[C]1[C](C)[C](C)[C](C)[C]1C.C[C]1[C](C)[C](C)[C](C)[C]1C.C[C]1[C](C)[C](C)[C](C)[C]1C.C[C]1[C](C)[C](C)[C](C)[C]1C.[ClH+][Ru-][ClH+].[ClH+][Ru-][ClH+].[Ru].[Ru]. The average Bonchev–Trinajstić information content (AvgIpc) is 3.46. The number of halogens is 4. The van der Waals surface area contributed by atoms with Gasteiger partial charge < -0.3 is 0 Å². The van der Waals surface area contributed by atoms with Crippen LogP contribution in [0.4, 0.5) is 0 Å². The average molecular weight is 1090 g/mol. The van der Waals surface area contributed by atoms with E-state index in [0.717, 1.165) is 0 Å². The van der Waals surface area contributed by atoms with Gasteiger partial charge in [0.2, 0.25) is 0 Å². The van der Waals surface area contributed by atoms with Crippen molar-refractivity contribution in [1.82, 2.24) is 0 Å². The quantitative estimate of drug-likeness (QED) is 0.212. The van der Waals surface area contributed by atoms with E-state index in [-0.39, 0.29) is 69.2 Å². The van der Waals surface area contributed by atoms with E-state index < -0.39 is 0 Å². The zero-order valence-electron chi connectivity index (χ0n) is 33.0. The van der Waals surface area contributed by atoms with Gasteiger partial charge in [0, 0.05) is 39.0 Å². The van der Waals surface area contributed by atoms with E-state index in [1.807, 2.05) is 0 Å². The van der Waals surface area contributed by atoms with Crippen LogP contribution in [0.2, 0.25) is 0 Å². The van der Waals surface area contributed by atoms with Crippen molar-refractivity contribution < 1.29 is 108 Å².